The molecule has 0 aliphatic rings. The van der Waals surface area contributed by atoms with Crippen LogP contribution in [0.4, 0.5) is 0 Å². The molecule has 0 spiro atoms. The van der Waals surface area contributed by atoms with Crippen molar-refractivity contribution in [2.45, 2.75) is 31.7 Å². The summed E-state index contributed by atoms with van der Waals surface area (Å²) in [5.41, 5.74) is -0.000548. The molecular formula is C9H14ClN3O. The lowest BCUT2D eigenvalue weighted by Gasteiger charge is -2.28. The molecule has 1 aromatic heterocycles. The average molecular weight is 216 g/mol. The number of hydrogen-bond acceptors (Lipinski definition) is 2. The molecular weight excluding hydrogens is 202 g/mol. The fourth-order valence-electron chi connectivity index (χ4n) is 0.842. The van der Waals surface area contributed by atoms with Gasteiger partial charge in [-0.15, -0.1) is 11.6 Å². The van der Waals surface area contributed by atoms with Crippen molar-refractivity contribution < 1.29 is 4.79 Å². The number of H-pyrrole nitrogens is 1. The van der Waals surface area contributed by atoms with E-state index in [1.165, 1.54) is 6.20 Å². The lowest BCUT2D eigenvalue weighted by Crippen LogP contribution is -2.49. The number of aromatic amines is 1. The van der Waals surface area contributed by atoms with E-state index in [1.807, 2.05) is 20.8 Å². The topological polar surface area (TPSA) is 57.8 Å². The van der Waals surface area contributed by atoms with Gasteiger partial charge in [-0.2, -0.15) is 5.10 Å². The minimum absolute atomic E-state index is 0.144. The molecule has 1 atom stereocenters. The molecule has 78 valence electrons. The number of rotatable bonds is 3. The molecule has 0 aliphatic carbocycles. The summed E-state index contributed by atoms with van der Waals surface area (Å²) < 4.78 is 0. The van der Waals surface area contributed by atoms with Gasteiger partial charge in [-0.1, -0.05) is 0 Å². The Morgan fingerprint density at radius 1 is 1.71 bits per heavy atom. The van der Waals surface area contributed by atoms with E-state index in [2.05, 4.69) is 15.5 Å². The van der Waals surface area contributed by atoms with Crippen LogP contribution < -0.4 is 5.32 Å². The number of alkyl halides is 1. The van der Waals surface area contributed by atoms with Gasteiger partial charge in [-0.3, -0.25) is 9.89 Å². The second-order valence-electron chi connectivity index (χ2n) is 3.76. The maximum atomic E-state index is 11.6. The summed E-state index contributed by atoms with van der Waals surface area (Å²) in [5.74, 6) is -0.194. The van der Waals surface area contributed by atoms with Gasteiger partial charge in [0.1, 0.15) is 5.69 Å². The number of halogens is 1. The Labute approximate surface area is 88.0 Å². The molecule has 2 N–H and O–H groups in total. The molecule has 0 bridgehead atoms. The van der Waals surface area contributed by atoms with Crippen molar-refractivity contribution in [3.8, 4) is 0 Å². The fourth-order valence-corrected chi connectivity index (χ4v) is 0.896. The monoisotopic (exact) mass is 215 g/mol. The number of amides is 1. The van der Waals surface area contributed by atoms with E-state index in [0.29, 0.717) is 5.69 Å². The van der Waals surface area contributed by atoms with Crippen LogP contribution in [0.5, 0.6) is 0 Å². The van der Waals surface area contributed by atoms with E-state index in [0.717, 1.165) is 0 Å². The first-order valence-corrected chi connectivity index (χ1v) is 4.83. The molecule has 0 radical (unpaired) electrons. The average Bonchev–Trinajstić information content (AvgIpc) is 2.54. The summed E-state index contributed by atoms with van der Waals surface area (Å²) in [6.07, 6.45) is 1.53. The predicted octanol–water partition coefficient (Wildman–Crippen LogP) is 1.55. The second kappa shape index (κ2) is 4.00. The van der Waals surface area contributed by atoms with Gasteiger partial charge in [-0.05, 0) is 26.8 Å². The van der Waals surface area contributed by atoms with E-state index in [4.69, 9.17) is 11.6 Å². The molecule has 1 heterocycles. The van der Waals surface area contributed by atoms with Gasteiger partial charge >= 0.3 is 0 Å². The molecule has 0 fully saturated rings. The third kappa shape index (κ3) is 2.48. The summed E-state index contributed by atoms with van der Waals surface area (Å²) in [7, 11) is 0. The molecule has 0 aromatic carbocycles. The van der Waals surface area contributed by atoms with E-state index in [9.17, 15) is 4.79 Å². The van der Waals surface area contributed by atoms with Crippen molar-refractivity contribution in [3.05, 3.63) is 18.0 Å². The predicted molar refractivity (Wildman–Crippen MR) is 55.4 cm³/mol. The SMILES string of the molecule is CC(Cl)C(C)(C)NC(=O)c1ccn[nH]1. The first kappa shape index (κ1) is 11.0. The minimum atomic E-state index is -0.441. The van der Waals surface area contributed by atoms with Crippen molar-refractivity contribution in [2.24, 2.45) is 0 Å². The lowest BCUT2D eigenvalue weighted by molar-refractivity contribution is 0.0907. The van der Waals surface area contributed by atoms with Crippen molar-refractivity contribution in [2.75, 3.05) is 0 Å². The highest BCUT2D eigenvalue weighted by Crippen LogP contribution is 2.15. The number of aromatic nitrogens is 2. The molecule has 1 unspecified atom stereocenters. The van der Waals surface area contributed by atoms with Crippen molar-refractivity contribution in [1.29, 1.82) is 0 Å². The first-order chi connectivity index (χ1) is 6.43. The zero-order valence-electron chi connectivity index (χ0n) is 8.47. The molecule has 1 rings (SSSR count). The minimum Gasteiger partial charge on any atom is -0.344 e. The first-order valence-electron chi connectivity index (χ1n) is 4.39. The Bertz CT molecular complexity index is 306. The molecule has 4 nitrogen and oxygen atoms in total. The Morgan fingerprint density at radius 2 is 2.36 bits per heavy atom. The molecule has 5 heteroatoms. The highest BCUT2D eigenvalue weighted by atomic mass is 35.5. The van der Waals surface area contributed by atoms with Crippen LogP contribution in [0.25, 0.3) is 0 Å². The van der Waals surface area contributed by atoms with Crippen LogP contribution >= 0.6 is 11.6 Å². The van der Waals surface area contributed by atoms with Crippen LogP contribution in [0.3, 0.4) is 0 Å². The van der Waals surface area contributed by atoms with Gasteiger partial charge in [0.25, 0.3) is 5.91 Å². The Kier molecular flexibility index (Phi) is 3.16. The Hall–Kier alpha value is -1.03. The quantitative estimate of drug-likeness (QED) is 0.752. The van der Waals surface area contributed by atoms with E-state index >= 15 is 0 Å². The van der Waals surface area contributed by atoms with Gasteiger partial charge in [0, 0.05) is 6.20 Å². The zero-order valence-corrected chi connectivity index (χ0v) is 9.22. The van der Waals surface area contributed by atoms with E-state index < -0.39 is 5.54 Å². The van der Waals surface area contributed by atoms with Crippen LogP contribution in [0.2, 0.25) is 0 Å². The highest BCUT2D eigenvalue weighted by molar-refractivity contribution is 6.21. The molecule has 14 heavy (non-hydrogen) atoms. The van der Waals surface area contributed by atoms with Crippen LogP contribution in [-0.4, -0.2) is 27.0 Å². The fraction of sp³-hybridized carbons (Fsp3) is 0.556. The second-order valence-corrected chi connectivity index (χ2v) is 4.42. The van der Waals surface area contributed by atoms with Crippen molar-refractivity contribution >= 4 is 17.5 Å². The highest BCUT2D eigenvalue weighted by Gasteiger charge is 2.26. The largest absolute Gasteiger partial charge is 0.344 e. The zero-order chi connectivity index (χ0) is 10.8. The van der Waals surface area contributed by atoms with E-state index in [1.54, 1.807) is 6.07 Å². The normalized spacial score (nSPS) is 13.7. The summed E-state index contributed by atoms with van der Waals surface area (Å²) in [5, 5.41) is 8.96. The smallest absolute Gasteiger partial charge is 0.269 e. The van der Waals surface area contributed by atoms with Crippen LogP contribution in [0, 0.1) is 0 Å². The summed E-state index contributed by atoms with van der Waals surface area (Å²) in [6.45, 7) is 5.59. The number of nitrogens with zero attached hydrogens (tertiary/aromatic N) is 1. The van der Waals surface area contributed by atoms with Gasteiger partial charge in [0.15, 0.2) is 0 Å². The van der Waals surface area contributed by atoms with Crippen LogP contribution in [-0.2, 0) is 0 Å². The van der Waals surface area contributed by atoms with E-state index in [-0.39, 0.29) is 11.3 Å². The number of hydrogen-bond donors (Lipinski definition) is 2. The van der Waals surface area contributed by atoms with Gasteiger partial charge in [-0.25, -0.2) is 0 Å². The van der Waals surface area contributed by atoms with Gasteiger partial charge in [0.05, 0.1) is 10.9 Å². The Balaban J connectivity index is 2.66. The maximum absolute atomic E-state index is 11.6. The third-order valence-corrected chi connectivity index (χ3v) is 2.72. The van der Waals surface area contributed by atoms with Crippen molar-refractivity contribution in [1.82, 2.24) is 15.5 Å². The van der Waals surface area contributed by atoms with Crippen LogP contribution in [0.1, 0.15) is 31.3 Å². The molecule has 0 aliphatic heterocycles. The molecule has 1 amide bonds. The van der Waals surface area contributed by atoms with Gasteiger partial charge < -0.3 is 5.32 Å². The van der Waals surface area contributed by atoms with Gasteiger partial charge in [0.2, 0.25) is 0 Å². The summed E-state index contributed by atoms with van der Waals surface area (Å²) in [4.78, 5) is 11.6. The maximum Gasteiger partial charge on any atom is 0.269 e. The van der Waals surface area contributed by atoms with Crippen molar-refractivity contribution in [3.63, 3.8) is 0 Å². The molecule has 0 saturated heterocycles. The standard InChI is InChI=1S/C9H14ClN3O/c1-6(10)9(2,3)12-8(14)7-4-5-11-13-7/h4-6H,1-3H3,(H,11,13)(H,12,14). The van der Waals surface area contributed by atoms with Crippen LogP contribution in [0.15, 0.2) is 12.3 Å². The molecule has 1 aromatic rings. The number of nitrogens with one attached hydrogen (secondary N) is 2. The lowest BCUT2D eigenvalue weighted by atomic mass is 10.0. The number of carbonyl (C=O) groups excluding carboxylic acids is 1. The number of carbonyl (C=O) groups is 1. The summed E-state index contributed by atoms with van der Waals surface area (Å²) >= 11 is 5.93. The Morgan fingerprint density at radius 3 is 2.79 bits per heavy atom. The third-order valence-electron chi connectivity index (χ3n) is 2.18. The molecule has 0 saturated carbocycles. The summed E-state index contributed by atoms with van der Waals surface area (Å²) in [6, 6.07) is 1.62.